The molecule has 0 bridgehead atoms. The molecule has 3 aromatic heterocycles. The Hall–Kier alpha value is -3.64. The number of aryl methyl sites for hydroxylation is 2. The van der Waals surface area contributed by atoms with Crippen LogP contribution in [0.3, 0.4) is 0 Å². The van der Waals surface area contributed by atoms with Crippen molar-refractivity contribution in [3.63, 3.8) is 0 Å². The molecule has 1 N–H and O–H groups in total. The monoisotopic (exact) mass is 467 g/mol. The maximum Gasteiger partial charge on any atom is 0.277 e. The highest BCUT2D eigenvalue weighted by Crippen LogP contribution is 2.25. The Labute approximate surface area is 188 Å². The van der Waals surface area contributed by atoms with Gasteiger partial charge in [-0.3, -0.25) is 14.6 Å². The van der Waals surface area contributed by atoms with Gasteiger partial charge in [-0.1, -0.05) is 17.3 Å². The predicted molar refractivity (Wildman–Crippen MR) is 119 cm³/mol. The SMILES string of the molecule is Cc1cnc2c(S(=O)(=O)N3CCN(C(=O)c4nnn5cc(C)[nH]c(=O)c45)CC3)cccc2c1. The van der Waals surface area contributed by atoms with Crippen LogP contribution in [0.25, 0.3) is 16.4 Å². The minimum Gasteiger partial charge on any atom is -0.335 e. The lowest BCUT2D eigenvalue weighted by Gasteiger charge is -2.33. The second-order valence-electron chi connectivity index (χ2n) is 8.03. The van der Waals surface area contributed by atoms with Crippen LogP contribution in [0.4, 0.5) is 0 Å². The smallest absolute Gasteiger partial charge is 0.277 e. The Morgan fingerprint density at radius 1 is 1.12 bits per heavy atom. The van der Waals surface area contributed by atoms with E-state index in [1.165, 1.54) is 13.7 Å². The Morgan fingerprint density at radius 2 is 1.88 bits per heavy atom. The van der Waals surface area contributed by atoms with Gasteiger partial charge < -0.3 is 9.88 Å². The van der Waals surface area contributed by atoms with E-state index in [1.54, 1.807) is 31.5 Å². The Bertz CT molecular complexity index is 1570. The van der Waals surface area contributed by atoms with Gasteiger partial charge in [-0.2, -0.15) is 4.31 Å². The van der Waals surface area contributed by atoms with Gasteiger partial charge in [-0.25, -0.2) is 12.9 Å². The summed E-state index contributed by atoms with van der Waals surface area (Å²) in [6.07, 6.45) is 3.22. The van der Waals surface area contributed by atoms with Crippen molar-refractivity contribution in [2.45, 2.75) is 18.7 Å². The second-order valence-corrected chi connectivity index (χ2v) is 9.94. The number of carbonyl (C=O) groups is 1. The molecule has 33 heavy (non-hydrogen) atoms. The first-order valence-corrected chi connectivity index (χ1v) is 11.8. The lowest BCUT2D eigenvalue weighted by molar-refractivity contribution is 0.0693. The highest BCUT2D eigenvalue weighted by atomic mass is 32.2. The Balaban J connectivity index is 1.38. The molecule has 0 unspecified atom stereocenters. The number of pyridine rings is 1. The van der Waals surface area contributed by atoms with Crippen molar-refractivity contribution >= 4 is 32.4 Å². The highest BCUT2D eigenvalue weighted by molar-refractivity contribution is 7.89. The maximum atomic E-state index is 13.4. The van der Waals surface area contributed by atoms with Crippen LogP contribution in [0.5, 0.6) is 0 Å². The molecule has 0 atom stereocenters. The van der Waals surface area contributed by atoms with Crippen molar-refractivity contribution in [3.8, 4) is 0 Å². The maximum absolute atomic E-state index is 13.4. The highest BCUT2D eigenvalue weighted by Gasteiger charge is 2.33. The summed E-state index contributed by atoms with van der Waals surface area (Å²) in [5, 5.41) is 8.52. The number of fused-ring (bicyclic) bond motifs is 2. The summed E-state index contributed by atoms with van der Waals surface area (Å²) in [6, 6.07) is 6.97. The third-order valence-corrected chi connectivity index (χ3v) is 7.62. The molecule has 5 rings (SSSR count). The number of aromatic amines is 1. The lowest BCUT2D eigenvalue weighted by Crippen LogP contribution is -2.50. The summed E-state index contributed by atoms with van der Waals surface area (Å²) >= 11 is 0. The fourth-order valence-electron chi connectivity index (χ4n) is 4.06. The number of hydrogen-bond donors (Lipinski definition) is 1. The summed E-state index contributed by atoms with van der Waals surface area (Å²) in [5.41, 5.74) is 1.52. The number of nitrogens with one attached hydrogen (secondary N) is 1. The van der Waals surface area contributed by atoms with E-state index in [-0.39, 0.29) is 42.3 Å². The van der Waals surface area contributed by atoms with E-state index >= 15 is 0 Å². The number of sulfonamides is 1. The number of piperazine rings is 1. The Morgan fingerprint density at radius 3 is 2.64 bits per heavy atom. The van der Waals surface area contributed by atoms with Crippen LogP contribution in [0.15, 0.2) is 46.3 Å². The second kappa shape index (κ2) is 7.74. The molecule has 1 aliphatic rings. The molecule has 0 saturated carbocycles. The summed E-state index contributed by atoms with van der Waals surface area (Å²) in [6.45, 7) is 4.17. The zero-order valence-corrected chi connectivity index (χ0v) is 18.8. The molecule has 0 spiro atoms. The van der Waals surface area contributed by atoms with Crippen molar-refractivity contribution in [2.24, 2.45) is 0 Å². The lowest BCUT2D eigenvalue weighted by atomic mass is 10.2. The largest absolute Gasteiger partial charge is 0.335 e. The predicted octanol–water partition coefficient (Wildman–Crippen LogP) is 0.729. The summed E-state index contributed by atoms with van der Waals surface area (Å²) in [7, 11) is -3.80. The molecule has 12 heteroatoms. The number of H-pyrrole nitrogens is 1. The third kappa shape index (κ3) is 3.56. The van der Waals surface area contributed by atoms with Gasteiger partial charge in [0, 0.05) is 43.5 Å². The van der Waals surface area contributed by atoms with Crippen LogP contribution >= 0.6 is 0 Å². The van der Waals surface area contributed by atoms with E-state index in [4.69, 9.17) is 0 Å². The number of nitrogens with zero attached hydrogens (tertiary/aromatic N) is 6. The summed E-state index contributed by atoms with van der Waals surface area (Å²) in [4.78, 5) is 34.0. The number of carbonyl (C=O) groups excluding carboxylic acids is 1. The van der Waals surface area contributed by atoms with Crippen LogP contribution in [0.1, 0.15) is 21.7 Å². The zero-order chi connectivity index (χ0) is 23.3. The van der Waals surface area contributed by atoms with E-state index in [1.807, 2.05) is 19.1 Å². The van der Waals surface area contributed by atoms with Gasteiger partial charge in [0.25, 0.3) is 11.5 Å². The van der Waals surface area contributed by atoms with Crippen molar-refractivity contribution in [3.05, 3.63) is 64.0 Å². The molecule has 11 nitrogen and oxygen atoms in total. The molecule has 0 aliphatic carbocycles. The molecule has 1 saturated heterocycles. The zero-order valence-electron chi connectivity index (χ0n) is 18.0. The first kappa shape index (κ1) is 21.2. The number of benzene rings is 1. The molecule has 170 valence electrons. The van der Waals surface area contributed by atoms with Crippen LogP contribution in [0.2, 0.25) is 0 Å². The number of rotatable bonds is 3. The van der Waals surface area contributed by atoms with Gasteiger partial charge in [0.2, 0.25) is 10.0 Å². The van der Waals surface area contributed by atoms with E-state index in [2.05, 4.69) is 20.3 Å². The van der Waals surface area contributed by atoms with Crippen molar-refractivity contribution < 1.29 is 13.2 Å². The van der Waals surface area contributed by atoms with Crippen LogP contribution in [0, 0.1) is 13.8 Å². The van der Waals surface area contributed by atoms with E-state index in [9.17, 15) is 18.0 Å². The van der Waals surface area contributed by atoms with Crippen molar-refractivity contribution in [1.29, 1.82) is 0 Å². The molecule has 4 heterocycles. The van der Waals surface area contributed by atoms with Gasteiger partial charge in [0.15, 0.2) is 11.2 Å². The Kier molecular flexibility index (Phi) is 4.98. The van der Waals surface area contributed by atoms with E-state index in [0.29, 0.717) is 11.2 Å². The number of para-hydroxylation sites is 1. The van der Waals surface area contributed by atoms with Gasteiger partial charge >= 0.3 is 0 Å². The molecule has 1 aromatic carbocycles. The summed E-state index contributed by atoms with van der Waals surface area (Å²) in [5.74, 6) is -0.460. The standard InChI is InChI=1S/C21H21N7O4S/c1-13-10-15-4-3-5-16(17(15)22-11-13)33(31,32)27-8-6-26(7-9-27)21(30)18-19-20(29)23-14(2)12-28(19)25-24-18/h3-5,10-12H,6-9H2,1-2H3,(H,23,29). The molecular weight excluding hydrogens is 446 g/mol. The summed E-state index contributed by atoms with van der Waals surface area (Å²) < 4.78 is 29.3. The van der Waals surface area contributed by atoms with Crippen molar-refractivity contribution in [1.82, 2.24) is 34.0 Å². The van der Waals surface area contributed by atoms with E-state index < -0.39 is 21.5 Å². The van der Waals surface area contributed by atoms with Crippen LogP contribution < -0.4 is 5.56 Å². The number of aromatic nitrogens is 5. The molecular formula is C21H21N7O4S. The van der Waals surface area contributed by atoms with Crippen molar-refractivity contribution in [2.75, 3.05) is 26.2 Å². The first-order chi connectivity index (χ1) is 15.8. The van der Waals surface area contributed by atoms with E-state index in [0.717, 1.165) is 10.9 Å². The fourth-order valence-corrected chi connectivity index (χ4v) is 5.65. The minimum atomic E-state index is -3.80. The minimum absolute atomic E-state index is 0.0545. The number of hydrogen-bond acceptors (Lipinski definition) is 7. The number of amides is 1. The molecule has 4 aromatic rings. The molecule has 1 fully saturated rings. The molecule has 1 amide bonds. The van der Waals surface area contributed by atoms with Gasteiger partial charge in [0.05, 0.1) is 11.7 Å². The van der Waals surface area contributed by atoms with Gasteiger partial charge in [-0.15, -0.1) is 5.10 Å². The van der Waals surface area contributed by atoms with Crippen LogP contribution in [-0.4, -0.2) is 74.5 Å². The molecule has 0 radical (unpaired) electrons. The first-order valence-electron chi connectivity index (χ1n) is 10.4. The average molecular weight is 468 g/mol. The quantitative estimate of drug-likeness (QED) is 0.469. The van der Waals surface area contributed by atoms with Gasteiger partial charge in [-0.05, 0) is 31.5 Å². The molecule has 1 aliphatic heterocycles. The van der Waals surface area contributed by atoms with Gasteiger partial charge in [0.1, 0.15) is 4.90 Å². The topological polar surface area (TPSA) is 134 Å². The average Bonchev–Trinajstić information content (AvgIpc) is 3.22. The fraction of sp³-hybridized carbons (Fsp3) is 0.286. The van der Waals surface area contributed by atoms with Crippen LogP contribution in [-0.2, 0) is 10.0 Å². The third-order valence-electron chi connectivity index (χ3n) is 5.69. The normalized spacial score (nSPS) is 15.4.